The summed E-state index contributed by atoms with van der Waals surface area (Å²) in [6.07, 6.45) is 0.425. The molecule has 0 fully saturated rings. The van der Waals surface area contributed by atoms with Crippen LogP contribution in [-0.4, -0.2) is 32.9 Å². The number of fused-ring (bicyclic) bond motifs is 1. The van der Waals surface area contributed by atoms with Gasteiger partial charge in [0, 0.05) is 13.0 Å². The minimum atomic E-state index is -1.31. The summed E-state index contributed by atoms with van der Waals surface area (Å²) >= 11 is 0. The summed E-state index contributed by atoms with van der Waals surface area (Å²) in [4.78, 5) is 35.0. The molecule has 1 aromatic carbocycles. The molecule has 1 atom stereocenters. The number of amides is 1. The van der Waals surface area contributed by atoms with Crippen LogP contribution in [0.3, 0.4) is 0 Å². The first-order valence-electron chi connectivity index (χ1n) is 7.73. The Hall–Kier alpha value is -2.77. The molecule has 2 rings (SSSR count). The van der Waals surface area contributed by atoms with Crippen molar-refractivity contribution < 1.29 is 14.7 Å². The normalized spacial score (nSPS) is 12.3. The molecule has 0 radical (unpaired) electrons. The first kappa shape index (κ1) is 17.6. The van der Waals surface area contributed by atoms with Gasteiger partial charge in [-0.15, -0.1) is 5.10 Å². The van der Waals surface area contributed by atoms with Gasteiger partial charge in [0.2, 0.25) is 5.91 Å². The van der Waals surface area contributed by atoms with E-state index in [0.29, 0.717) is 17.3 Å². The molecule has 2 aromatic rings. The van der Waals surface area contributed by atoms with Gasteiger partial charge in [0.1, 0.15) is 5.52 Å². The third kappa shape index (κ3) is 4.15. The maximum atomic E-state index is 12.2. The zero-order valence-electron chi connectivity index (χ0n) is 13.6. The maximum Gasteiger partial charge on any atom is 0.277 e. The Balaban J connectivity index is 1.95. The molecular formula is C16H19N4O4-. The fourth-order valence-corrected chi connectivity index (χ4v) is 2.30. The molecule has 0 bridgehead atoms. The summed E-state index contributed by atoms with van der Waals surface area (Å²) in [5, 5.41) is 21.6. The third-order valence-corrected chi connectivity index (χ3v) is 3.64. The van der Waals surface area contributed by atoms with E-state index in [0.717, 1.165) is 0 Å². The van der Waals surface area contributed by atoms with E-state index in [1.54, 1.807) is 38.1 Å². The lowest BCUT2D eigenvalue weighted by molar-refractivity contribution is -0.309. The van der Waals surface area contributed by atoms with Gasteiger partial charge in [0.25, 0.3) is 5.56 Å². The minimum Gasteiger partial charge on any atom is -0.548 e. The quantitative estimate of drug-likeness (QED) is 0.728. The predicted molar refractivity (Wildman–Crippen MR) is 84.8 cm³/mol. The SMILES string of the molecule is CC(C)[C@H](NC(=O)CCCn1nnc2ccccc2c1=O)C(=O)[O-]. The second-order valence-corrected chi connectivity index (χ2v) is 5.85. The molecule has 0 saturated heterocycles. The number of hydrogen-bond donors (Lipinski definition) is 1. The van der Waals surface area contributed by atoms with Crippen LogP contribution in [0, 0.1) is 5.92 Å². The van der Waals surface area contributed by atoms with Crippen molar-refractivity contribution in [3.8, 4) is 0 Å². The molecule has 0 saturated carbocycles. The van der Waals surface area contributed by atoms with Crippen LogP contribution in [0.4, 0.5) is 0 Å². The molecule has 0 aliphatic rings. The van der Waals surface area contributed by atoms with Gasteiger partial charge in [-0.2, -0.15) is 0 Å². The molecule has 1 heterocycles. The lowest BCUT2D eigenvalue weighted by Crippen LogP contribution is -2.50. The van der Waals surface area contributed by atoms with E-state index < -0.39 is 17.9 Å². The molecule has 0 unspecified atom stereocenters. The van der Waals surface area contributed by atoms with Crippen molar-refractivity contribution in [3.05, 3.63) is 34.6 Å². The maximum absolute atomic E-state index is 12.2. The van der Waals surface area contributed by atoms with Gasteiger partial charge >= 0.3 is 0 Å². The highest BCUT2D eigenvalue weighted by Gasteiger charge is 2.17. The number of rotatable bonds is 7. The Morgan fingerprint density at radius 3 is 2.67 bits per heavy atom. The first-order valence-corrected chi connectivity index (χ1v) is 7.73. The number of nitrogens with one attached hydrogen (secondary N) is 1. The highest BCUT2D eigenvalue weighted by Crippen LogP contribution is 2.04. The topological polar surface area (TPSA) is 117 Å². The smallest absolute Gasteiger partial charge is 0.277 e. The van der Waals surface area contributed by atoms with E-state index >= 15 is 0 Å². The Labute approximate surface area is 138 Å². The fraction of sp³-hybridized carbons (Fsp3) is 0.438. The number of carboxylic acid groups (broad SMARTS) is 1. The Bertz CT molecular complexity index is 800. The van der Waals surface area contributed by atoms with Crippen molar-refractivity contribution >= 4 is 22.8 Å². The summed E-state index contributed by atoms with van der Waals surface area (Å²) in [6.45, 7) is 3.59. The van der Waals surface area contributed by atoms with Gasteiger partial charge in [-0.3, -0.25) is 9.59 Å². The van der Waals surface area contributed by atoms with Gasteiger partial charge in [-0.1, -0.05) is 31.2 Å². The van der Waals surface area contributed by atoms with Crippen molar-refractivity contribution in [3.63, 3.8) is 0 Å². The van der Waals surface area contributed by atoms with E-state index in [9.17, 15) is 19.5 Å². The average Bonchev–Trinajstić information content (AvgIpc) is 2.54. The predicted octanol–water partition coefficient (Wildman–Crippen LogP) is -0.538. The van der Waals surface area contributed by atoms with Gasteiger partial charge < -0.3 is 15.2 Å². The zero-order chi connectivity index (χ0) is 17.7. The van der Waals surface area contributed by atoms with E-state index in [-0.39, 0.29) is 24.4 Å². The molecule has 1 aromatic heterocycles. The van der Waals surface area contributed by atoms with Crippen LogP contribution in [0.25, 0.3) is 10.9 Å². The van der Waals surface area contributed by atoms with Crippen molar-refractivity contribution in [2.75, 3.05) is 0 Å². The number of aryl methyl sites for hydroxylation is 1. The molecule has 0 aliphatic heterocycles. The summed E-state index contributed by atoms with van der Waals surface area (Å²) in [5.74, 6) is -1.98. The number of aliphatic carboxylic acids is 1. The lowest BCUT2D eigenvalue weighted by Gasteiger charge is -2.23. The number of hydrogen-bond acceptors (Lipinski definition) is 6. The van der Waals surface area contributed by atoms with Crippen molar-refractivity contribution in [1.29, 1.82) is 0 Å². The summed E-state index contributed by atoms with van der Waals surface area (Å²) in [5.41, 5.74) is 0.251. The molecule has 8 heteroatoms. The number of aromatic nitrogens is 3. The number of nitrogens with zero attached hydrogens (tertiary/aromatic N) is 3. The zero-order valence-corrected chi connectivity index (χ0v) is 13.6. The molecule has 1 N–H and O–H groups in total. The van der Waals surface area contributed by atoms with Crippen LogP contribution < -0.4 is 16.0 Å². The Kier molecular flexibility index (Phi) is 5.62. The second kappa shape index (κ2) is 7.67. The number of benzene rings is 1. The third-order valence-electron chi connectivity index (χ3n) is 3.64. The van der Waals surface area contributed by atoms with Crippen LogP contribution in [0.15, 0.2) is 29.1 Å². The molecule has 8 nitrogen and oxygen atoms in total. The van der Waals surface area contributed by atoms with E-state index in [4.69, 9.17) is 0 Å². The number of carboxylic acids is 1. The number of carbonyl (C=O) groups excluding carboxylic acids is 2. The van der Waals surface area contributed by atoms with Gasteiger partial charge in [0.15, 0.2) is 0 Å². The van der Waals surface area contributed by atoms with Gasteiger partial charge in [-0.05, 0) is 24.5 Å². The van der Waals surface area contributed by atoms with Crippen LogP contribution in [-0.2, 0) is 16.1 Å². The molecule has 0 spiro atoms. The lowest BCUT2D eigenvalue weighted by atomic mass is 10.0. The standard InChI is InChI=1S/C16H20N4O4/c1-10(2)14(16(23)24)17-13(21)8-5-9-20-15(22)11-6-3-4-7-12(11)18-19-20/h3-4,6-7,10,14H,5,8-9H2,1-2H3,(H,17,21)(H,23,24)/p-1/t14-/m0/s1. The highest BCUT2D eigenvalue weighted by molar-refractivity contribution is 5.82. The molecular weight excluding hydrogens is 312 g/mol. The summed E-state index contributed by atoms with van der Waals surface area (Å²) in [7, 11) is 0. The Morgan fingerprint density at radius 1 is 1.29 bits per heavy atom. The van der Waals surface area contributed by atoms with Crippen LogP contribution in [0.2, 0.25) is 0 Å². The van der Waals surface area contributed by atoms with Crippen LogP contribution >= 0.6 is 0 Å². The number of carbonyl (C=O) groups is 2. The van der Waals surface area contributed by atoms with Crippen LogP contribution in [0.1, 0.15) is 26.7 Å². The van der Waals surface area contributed by atoms with Gasteiger partial charge in [0.05, 0.1) is 17.4 Å². The van der Waals surface area contributed by atoms with Crippen LogP contribution in [0.5, 0.6) is 0 Å². The molecule has 1 amide bonds. The fourth-order valence-electron chi connectivity index (χ4n) is 2.30. The monoisotopic (exact) mass is 331 g/mol. The summed E-state index contributed by atoms with van der Waals surface area (Å²) < 4.78 is 1.20. The van der Waals surface area contributed by atoms with Crippen molar-refractivity contribution in [2.45, 2.75) is 39.3 Å². The minimum absolute atomic E-state index is 0.0808. The highest BCUT2D eigenvalue weighted by atomic mass is 16.4. The first-order chi connectivity index (χ1) is 11.4. The second-order valence-electron chi connectivity index (χ2n) is 5.85. The molecule has 0 aliphatic carbocycles. The van der Waals surface area contributed by atoms with E-state index in [1.165, 1.54) is 4.68 Å². The van der Waals surface area contributed by atoms with E-state index in [2.05, 4.69) is 15.6 Å². The molecule has 24 heavy (non-hydrogen) atoms. The summed E-state index contributed by atoms with van der Waals surface area (Å²) in [6, 6.07) is 5.86. The molecule has 128 valence electrons. The van der Waals surface area contributed by atoms with Gasteiger partial charge in [-0.25, -0.2) is 4.68 Å². The average molecular weight is 331 g/mol. The van der Waals surface area contributed by atoms with E-state index in [1.807, 2.05) is 0 Å². The largest absolute Gasteiger partial charge is 0.548 e. The van der Waals surface area contributed by atoms with Crippen molar-refractivity contribution in [2.24, 2.45) is 5.92 Å². The Morgan fingerprint density at radius 2 is 2.00 bits per heavy atom. The van der Waals surface area contributed by atoms with Crippen molar-refractivity contribution in [1.82, 2.24) is 20.3 Å².